The van der Waals surface area contributed by atoms with Gasteiger partial charge < -0.3 is 11.3 Å². The van der Waals surface area contributed by atoms with E-state index in [1.54, 1.807) is 7.11 Å². The molecule has 2 N–H and O–H groups in total. The Balaban J connectivity index is -0.0000000154. The van der Waals surface area contributed by atoms with E-state index in [9.17, 15) is 0 Å². The maximum absolute atomic E-state index is 7.94. The number of rotatable bonds is 2. The average Bonchev–Trinajstić information content (AvgIpc) is 1.75. The van der Waals surface area contributed by atoms with Gasteiger partial charge in [0.1, 0.15) is 0 Å². The van der Waals surface area contributed by atoms with Crippen molar-refractivity contribution in [1.82, 2.24) is 0 Å². The SMILES string of the molecule is COCCO.OCl.[AlH3].[H-].[Na+]. The first kappa shape index (κ1) is 22.4. The van der Waals surface area contributed by atoms with Crippen LogP contribution in [-0.4, -0.2) is 47.5 Å². The van der Waals surface area contributed by atoms with Crippen LogP contribution in [0.25, 0.3) is 0 Å². The third-order valence-electron chi connectivity index (χ3n) is 0.295. The molecule has 0 saturated heterocycles. The fraction of sp³-hybridized carbons (Fsp3) is 1.00. The standard InChI is InChI=1S/C3H8O2.Al.ClHO.Na.4H/c1-5-3-2-4;;1-2;;;;;/h4H,2-3H2,1H3;;2H;;;;;/q;;;+1;;;;-1. The van der Waals surface area contributed by atoms with E-state index < -0.39 is 0 Å². The molecule has 0 radical (unpaired) electrons. The molecule has 0 bridgehead atoms. The normalized spacial score (nSPS) is 5.33. The van der Waals surface area contributed by atoms with Gasteiger partial charge in [-0.2, -0.15) is 0 Å². The second kappa shape index (κ2) is 33.2. The molecule has 0 atom stereocenters. The molecule has 0 aliphatic carbocycles. The van der Waals surface area contributed by atoms with Crippen molar-refractivity contribution in [2.75, 3.05) is 20.3 Å². The molecular formula is C3H13AlClNaO3. The van der Waals surface area contributed by atoms with E-state index in [2.05, 4.69) is 16.6 Å². The topological polar surface area (TPSA) is 49.7 Å². The van der Waals surface area contributed by atoms with Crippen molar-refractivity contribution in [3.05, 3.63) is 0 Å². The smallest absolute Gasteiger partial charge is 1.00 e. The van der Waals surface area contributed by atoms with Crippen LogP contribution in [0, 0.1) is 0 Å². The molecule has 0 aromatic heterocycles. The summed E-state index contributed by atoms with van der Waals surface area (Å²) in [6.07, 6.45) is 0. The Bertz CT molecular complexity index is 31.2. The van der Waals surface area contributed by atoms with Gasteiger partial charge in [-0.25, -0.2) is 0 Å². The van der Waals surface area contributed by atoms with Gasteiger partial charge in [0.15, 0.2) is 17.4 Å². The number of halogens is 1. The van der Waals surface area contributed by atoms with Crippen molar-refractivity contribution in [2.24, 2.45) is 0 Å². The van der Waals surface area contributed by atoms with Gasteiger partial charge in [0.2, 0.25) is 0 Å². The minimum Gasteiger partial charge on any atom is -1.00 e. The predicted molar refractivity (Wildman–Crippen MR) is 38.1 cm³/mol. The summed E-state index contributed by atoms with van der Waals surface area (Å²) in [5.74, 6) is 0. The summed E-state index contributed by atoms with van der Waals surface area (Å²) in [7, 11) is 1.55. The zero-order valence-corrected chi connectivity index (χ0v) is 7.85. The Kier molecular flexibility index (Phi) is 82.8. The molecule has 0 spiro atoms. The van der Waals surface area contributed by atoms with E-state index in [1.165, 1.54) is 0 Å². The Labute approximate surface area is 94.4 Å². The van der Waals surface area contributed by atoms with E-state index in [1.807, 2.05) is 0 Å². The summed E-state index contributed by atoms with van der Waals surface area (Å²) in [6, 6.07) is 0. The Morgan fingerprint density at radius 2 is 1.89 bits per heavy atom. The van der Waals surface area contributed by atoms with Crippen LogP contribution < -0.4 is 29.6 Å². The van der Waals surface area contributed by atoms with Crippen LogP contribution in [0.2, 0.25) is 0 Å². The second-order valence-corrected chi connectivity index (χ2v) is 0.716. The third-order valence-corrected chi connectivity index (χ3v) is 0.295. The molecule has 9 heavy (non-hydrogen) atoms. The van der Waals surface area contributed by atoms with E-state index in [0.717, 1.165) is 0 Å². The minimum absolute atomic E-state index is 0. The van der Waals surface area contributed by atoms with Gasteiger partial charge in [0, 0.05) is 7.11 Å². The van der Waals surface area contributed by atoms with E-state index in [-0.39, 0.29) is 55.0 Å². The van der Waals surface area contributed by atoms with Gasteiger partial charge >= 0.3 is 29.6 Å². The molecule has 0 fully saturated rings. The molecule has 54 valence electrons. The van der Waals surface area contributed by atoms with Crippen LogP contribution in [0.15, 0.2) is 0 Å². The fourth-order valence-electron chi connectivity index (χ4n) is 0.0913. The summed E-state index contributed by atoms with van der Waals surface area (Å²) >= 11 is 3.64. The molecule has 0 unspecified atom stereocenters. The molecule has 0 rings (SSSR count). The van der Waals surface area contributed by atoms with Crippen LogP contribution in [0.1, 0.15) is 1.43 Å². The first-order chi connectivity index (χ1) is 3.41. The molecule has 0 aromatic rings. The first-order valence-corrected chi connectivity index (χ1v) is 2.02. The summed E-state index contributed by atoms with van der Waals surface area (Å²) in [5, 5.41) is 7.94. The molecule has 0 aromatic carbocycles. The van der Waals surface area contributed by atoms with Crippen molar-refractivity contribution in [2.45, 2.75) is 0 Å². The van der Waals surface area contributed by atoms with Gasteiger partial charge in [-0.3, -0.25) is 4.66 Å². The van der Waals surface area contributed by atoms with Crippen LogP contribution in [0.3, 0.4) is 0 Å². The zero-order valence-electron chi connectivity index (χ0n) is 6.09. The van der Waals surface area contributed by atoms with Crippen LogP contribution in [-0.2, 0) is 4.74 Å². The van der Waals surface area contributed by atoms with Crippen molar-refractivity contribution in [1.29, 1.82) is 0 Å². The predicted octanol–water partition coefficient (Wildman–Crippen LogP) is -4.31. The molecular weight excluding hydrogens is 169 g/mol. The van der Waals surface area contributed by atoms with Gasteiger partial charge in [-0.05, 0) is 0 Å². The largest absolute Gasteiger partial charge is 1.00 e. The summed E-state index contributed by atoms with van der Waals surface area (Å²) < 4.78 is 10.9. The van der Waals surface area contributed by atoms with Crippen molar-refractivity contribution >= 4 is 29.2 Å². The first-order valence-electron chi connectivity index (χ1n) is 1.68. The Morgan fingerprint density at radius 3 is 1.89 bits per heavy atom. The molecule has 0 aliphatic heterocycles. The van der Waals surface area contributed by atoms with Crippen LogP contribution in [0.4, 0.5) is 0 Å². The fourth-order valence-corrected chi connectivity index (χ4v) is 0.0913. The monoisotopic (exact) mass is 182 g/mol. The van der Waals surface area contributed by atoms with Crippen molar-refractivity contribution < 1.29 is 45.5 Å². The number of hydrogen-bond donors (Lipinski definition) is 2. The van der Waals surface area contributed by atoms with Crippen LogP contribution in [0.5, 0.6) is 0 Å². The van der Waals surface area contributed by atoms with E-state index in [4.69, 9.17) is 9.77 Å². The molecule has 0 heterocycles. The third kappa shape index (κ3) is 42.0. The number of hydrogen-bond acceptors (Lipinski definition) is 3. The molecule has 0 aliphatic rings. The number of ether oxygens (including phenoxy) is 1. The molecule has 3 nitrogen and oxygen atoms in total. The molecule has 0 saturated carbocycles. The van der Waals surface area contributed by atoms with Crippen molar-refractivity contribution in [3.63, 3.8) is 0 Å². The van der Waals surface area contributed by atoms with Gasteiger partial charge in [0.05, 0.1) is 25.1 Å². The summed E-state index contributed by atoms with van der Waals surface area (Å²) in [4.78, 5) is 0. The Morgan fingerprint density at radius 1 is 1.56 bits per heavy atom. The number of aliphatic hydroxyl groups is 1. The summed E-state index contributed by atoms with van der Waals surface area (Å²) in [6.45, 7) is 0.566. The van der Waals surface area contributed by atoms with E-state index in [0.29, 0.717) is 6.61 Å². The quantitative estimate of drug-likeness (QED) is 0.425. The minimum atomic E-state index is 0. The van der Waals surface area contributed by atoms with Gasteiger partial charge in [0.25, 0.3) is 0 Å². The maximum atomic E-state index is 7.94. The van der Waals surface area contributed by atoms with Gasteiger partial charge in [-0.1, -0.05) is 0 Å². The van der Waals surface area contributed by atoms with Crippen LogP contribution >= 0.6 is 11.9 Å². The molecule has 6 heteroatoms. The van der Waals surface area contributed by atoms with Gasteiger partial charge in [-0.15, -0.1) is 0 Å². The average molecular weight is 183 g/mol. The zero-order chi connectivity index (χ0) is 6.12. The second-order valence-electron chi connectivity index (χ2n) is 0.716. The molecule has 0 amide bonds. The van der Waals surface area contributed by atoms with E-state index >= 15 is 0 Å². The maximum Gasteiger partial charge on any atom is 1.00 e. The summed E-state index contributed by atoms with van der Waals surface area (Å²) in [5.41, 5.74) is 0. The van der Waals surface area contributed by atoms with Crippen molar-refractivity contribution in [3.8, 4) is 0 Å². The number of methoxy groups -OCH3 is 1. The number of aliphatic hydroxyl groups excluding tert-OH is 1. The Hall–Kier alpha value is 1.70.